The number of carbonyl (C=O) groups excluding carboxylic acids is 1. The molecule has 0 atom stereocenters. The topological polar surface area (TPSA) is 72.6 Å². The van der Waals surface area contributed by atoms with Gasteiger partial charge in [0, 0.05) is 6.07 Å². The molecule has 0 aliphatic rings. The molecule has 0 aliphatic heterocycles. The molecule has 0 spiro atoms. The molecule has 0 heterocycles. The van der Waals surface area contributed by atoms with Crippen molar-refractivity contribution in [2.75, 3.05) is 0 Å². The van der Waals surface area contributed by atoms with E-state index in [0.717, 1.165) is 24.8 Å². The number of nitro groups is 1. The van der Waals surface area contributed by atoms with Crippen LogP contribution in [0.5, 0.6) is 0 Å². The van der Waals surface area contributed by atoms with Crippen molar-refractivity contribution in [3.05, 3.63) is 33.9 Å². The number of benzene rings is 1. The highest BCUT2D eigenvalue weighted by molar-refractivity contribution is 5.62. The average molecular weight is 220 g/mol. The Morgan fingerprint density at radius 1 is 1.50 bits per heavy atom. The molecule has 0 radical (unpaired) electrons. The summed E-state index contributed by atoms with van der Waals surface area (Å²) < 4.78 is 0. The molecule has 0 fully saturated rings. The van der Waals surface area contributed by atoms with Crippen molar-refractivity contribution in [1.29, 1.82) is 0 Å². The zero-order valence-corrected chi connectivity index (χ0v) is 8.97. The Labute approximate surface area is 93.0 Å². The molecule has 0 unspecified atom stereocenters. The van der Waals surface area contributed by atoms with E-state index in [-0.39, 0.29) is 11.4 Å². The van der Waals surface area contributed by atoms with E-state index in [4.69, 9.17) is 0 Å². The fourth-order valence-corrected chi connectivity index (χ4v) is 1.40. The summed E-state index contributed by atoms with van der Waals surface area (Å²) in [5, 5.41) is 10.7. The summed E-state index contributed by atoms with van der Waals surface area (Å²) in [4.78, 5) is 23.6. The van der Waals surface area contributed by atoms with Crippen LogP contribution in [0, 0.1) is 10.1 Å². The van der Waals surface area contributed by atoms with Crippen LogP contribution in [-0.2, 0) is 11.2 Å². The predicted octanol–water partition coefficient (Wildman–Crippen LogP) is 2.90. The number of isocyanates is 1. The highest BCUT2D eigenvalue weighted by Gasteiger charge is 2.13. The van der Waals surface area contributed by atoms with Crippen molar-refractivity contribution in [2.45, 2.75) is 26.2 Å². The standard InChI is InChI=1S/C11H12N2O3/c1-2-3-4-9-5-6-10(12-8-14)11(7-9)13(15)16/h5-7H,2-4H2,1H3. The lowest BCUT2D eigenvalue weighted by atomic mass is 10.1. The molecular weight excluding hydrogens is 208 g/mol. The molecule has 0 bridgehead atoms. The van der Waals surface area contributed by atoms with Crippen LogP contribution in [0.2, 0.25) is 0 Å². The van der Waals surface area contributed by atoms with Crippen molar-refractivity contribution < 1.29 is 9.72 Å². The third-order valence-electron chi connectivity index (χ3n) is 2.22. The van der Waals surface area contributed by atoms with E-state index in [2.05, 4.69) is 11.9 Å². The highest BCUT2D eigenvalue weighted by Crippen LogP contribution is 2.28. The van der Waals surface area contributed by atoms with Gasteiger partial charge < -0.3 is 0 Å². The smallest absolute Gasteiger partial charge is 0.258 e. The van der Waals surface area contributed by atoms with Gasteiger partial charge in [-0.3, -0.25) is 10.1 Å². The summed E-state index contributed by atoms with van der Waals surface area (Å²) >= 11 is 0. The van der Waals surface area contributed by atoms with Crippen molar-refractivity contribution in [3.63, 3.8) is 0 Å². The molecule has 1 aromatic rings. The van der Waals surface area contributed by atoms with Crippen LogP contribution < -0.4 is 0 Å². The van der Waals surface area contributed by atoms with E-state index >= 15 is 0 Å². The van der Waals surface area contributed by atoms with Crippen LogP contribution in [0.3, 0.4) is 0 Å². The number of hydrogen-bond acceptors (Lipinski definition) is 4. The van der Waals surface area contributed by atoms with E-state index < -0.39 is 4.92 Å². The number of aryl methyl sites for hydroxylation is 1. The maximum Gasteiger partial charge on any atom is 0.296 e. The van der Waals surface area contributed by atoms with Gasteiger partial charge in [-0.1, -0.05) is 19.4 Å². The van der Waals surface area contributed by atoms with Gasteiger partial charge in [0.2, 0.25) is 6.08 Å². The normalized spacial score (nSPS) is 9.56. The van der Waals surface area contributed by atoms with Crippen LogP contribution in [0.25, 0.3) is 0 Å². The lowest BCUT2D eigenvalue weighted by Gasteiger charge is -2.01. The highest BCUT2D eigenvalue weighted by atomic mass is 16.6. The van der Waals surface area contributed by atoms with E-state index in [0.29, 0.717) is 0 Å². The first-order chi connectivity index (χ1) is 7.69. The molecule has 5 heteroatoms. The molecule has 0 aromatic heterocycles. The van der Waals surface area contributed by atoms with E-state index in [1.54, 1.807) is 6.07 Å². The van der Waals surface area contributed by atoms with E-state index in [1.807, 2.05) is 0 Å². The van der Waals surface area contributed by atoms with Crippen LogP contribution in [0.4, 0.5) is 11.4 Å². The largest absolute Gasteiger partial charge is 0.296 e. The zero-order chi connectivity index (χ0) is 12.0. The summed E-state index contributed by atoms with van der Waals surface area (Å²) in [6.45, 7) is 2.06. The number of hydrogen-bond donors (Lipinski definition) is 0. The Kier molecular flexibility index (Phi) is 4.36. The quantitative estimate of drug-likeness (QED) is 0.331. The number of unbranched alkanes of at least 4 members (excludes halogenated alkanes) is 1. The Balaban J connectivity index is 3.07. The van der Waals surface area contributed by atoms with Gasteiger partial charge in [-0.05, 0) is 24.5 Å². The first kappa shape index (κ1) is 12.1. The Morgan fingerprint density at radius 2 is 2.25 bits per heavy atom. The van der Waals surface area contributed by atoms with Gasteiger partial charge in [-0.25, -0.2) is 4.79 Å². The average Bonchev–Trinajstić information content (AvgIpc) is 2.27. The summed E-state index contributed by atoms with van der Waals surface area (Å²) in [6, 6.07) is 4.69. The second kappa shape index (κ2) is 5.78. The first-order valence-electron chi connectivity index (χ1n) is 5.04. The molecule has 1 rings (SSSR count). The summed E-state index contributed by atoms with van der Waals surface area (Å²) in [5.74, 6) is 0. The molecule has 0 saturated carbocycles. The van der Waals surface area contributed by atoms with Crippen LogP contribution in [-0.4, -0.2) is 11.0 Å². The fraction of sp³-hybridized carbons (Fsp3) is 0.364. The molecule has 1 aromatic carbocycles. The van der Waals surface area contributed by atoms with Gasteiger partial charge in [-0.15, -0.1) is 0 Å². The number of nitro benzene ring substituents is 1. The van der Waals surface area contributed by atoms with Crippen molar-refractivity contribution in [1.82, 2.24) is 0 Å². The predicted molar refractivity (Wildman–Crippen MR) is 59.5 cm³/mol. The summed E-state index contributed by atoms with van der Waals surface area (Å²) in [5.41, 5.74) is 0.801. The minimum absolute atomic E-state index is 0.0558. The fourth-order valence-electron chi connectivity index (χ4n) is 1.40. The molecule has 84 valence electrons. The molecular formula is C11H12N2O3. The second-order valence-electron chi connectivity index (χ2n) is 3.39. The zero-order valence-electron chi connectivity index (χ0n) is 8.97. The molecule has 0 aliphatic carbocycles. The number of aliphatic imine (C=N–C) groups is 1. The Hall–Kier alpha value is -2.00. The van der Waals surface area contributed by atoms with E-state index in [1.165, 1.54) is 18.2 Å². The van der Waals surface area contributed by atoms with Crippen LogP contribution in [0.15, 0.2) is 23.2 Å². The summed E-state index contributed by atoms with van der Waals surface area (Å²) in [7, 11) is 0. The van der Waals surface area contributed by atoms with Gasteiger partial charge in [0.05, 0.1) is 4.92 Å². The van der Waals surface area contributed by atoms with Crippen molar-refractivity contribution in [3.8, 4) is 0 Å². The van der Waals surface area contributed by atoms with Crippen LogP contribution in [0.1, 0.15) is 25.3 Å². The number of rotatable bonds is 5. The molecule has 0 saturated heterocycles. The minimum Gasteiger partial charge on any atom is -0.258 e. The molecule has 0 amide bonds. The van der Waals surface area contributed by atoms with Gasteiger partial charge in [0.25, 0.3) is 5.69 Å². The minimum atomic E-state index is -0.536. The first-order valence-corrected chi connectivity index (χ1v) is 5.04. The lowest BCUT2D eigenvalue weighted by molar-refractivity contribution is -0.384. The van der Waals surface area contributed by atoms with Gasteiger partial charge in [0.15, 0.2) is 5.69 Å². The van der Waals surface area contributed by atoms with Crippen molar-refractivity contribution in [2.24, 2.45) is 4.99 Å². The van der Waals surface area contributed by atoms with Gasteiger partial charge >= 0.3 is 0 Å². The van der Waals surface area contributed by atoms with Gasteiger partial charge in [0.1, 0.15) is 0 Å². The Morgan fingerprint density at radius 3 is 2.81 bits per heavy atom. The molecule has 0 N–H and O–H groups in total. The third kappa shape index (κ3) is 3.00. The lowest BCUT2D eigenvalue weighted by Crippen LogP contribution is -1.92. The second-order valence-corrected chi connectivity index (χ2v) is 3.39. The van der Waals surface area contributed by atoms with Gasteiger partial charge in [-0.2, -0.15) is 4.99 Å². The number of nitrogens with zero attached hydrogens (tertiary/aromatic N) is 2. The summed E-state index contributed by atoms with van der Waals surface area (Å²) in [6.07, 6.45) is 4.12. The molecule has 5 nitrogen and oxygen atoms in total. The van der Waals surface area contributed by atoms with Crippen molar-refractivity contribution >= 4 is 17.5 Å². The third-order valence-corrected chi connectivity index (χ3v) is 2.22. The van der Waals surface area contributed by atoms with E-state index in [9.17, 15) is 14.9 Å². The molecule has 16 heavy (non-hydrogen) atoms. The maximum atomic E-state index is 10.7. The van der Waals surface area contributed by atoms with Crippen LogP contribution >= 0.6 is 0 Å². The Bertz CT molecular complexity index is 437. The monoisotopic (exact) mass is 220 g/mol. The maximum absolute atomic E-state index is 10.7. The SMILES string of the molecule is CCCCc1ccc(N=C=O)c([N+](=O)[O-])c1.